The van der Waals surface area contributed by atoms with Crippen LogP contribution in [0.25, 0.3) is 0 Å². The monoisotopic (exact) mass is 272 g/mol. The molecule has 1 aliphatic rings. The van der Waals surface area contributed by atoms with E-state index >= 15 is 0 Å². The van der Waals surface area contributed by atoms with Gasteiger partial charge in [-0.2, -0.15) is 0 Å². The molecule has 0 atom stereocenters. The highest BCUT2D eigenvalue weighted by Gasteiger charge is 2.37. The molecule has 0 saturated heterocycles. The Hall–Kier alpha value is -1.30. The highest BCUT2D eigenvalue weighted by atomic mass is 16.5. The molecule has 1 rings (SSSR count). The number of carboxylic acid groups (broad SMARTS) is 1. The van der Waals surface area contributed by atoms with Gasteiger partial charge in [-0.15, -0.1) is 0 Å². The van der Waals surface area contributed by atoms with Crippen LogP contribution in [0.3, 0.4) is 0 Å². The van der Waals surface area contributed by atoms with Crippen molar-refractivity contribution < 1.29 is 19.4 Å². The van der Waals surface area contributed by atoms with Crippen LogP contribution in [0.4, 0.5) is 4.79 Å². The molecule has 0 heterocycles. The third-order valence-electron chi connectivity index (χ3n) is 3.54. The fraction of sp³-hybridized carbons (Fsp3) is 0.846. The molecule has 0 unspecified atom stereocenters. The van der Waals surface area contributed by atoms with Gasteiger partial charge < -0.3 is 20.1 Å². The van der Waals surface area contributed by atoms with Crippen molar-refractivity contribution >= 4 is 12.0 Å². The van der Waals surface area contributed by atoms with Gasteiger partial charge in [-0.1, -0.05) is 12.8 Å². The summed E-state index contributed by atoms with van der Waals surface area (Å²) in [6.45, 7) is 3.52. The Labute approximate surface area is 114 Å². The number of amides is 2. The first-order valence-corrected chi connectivity index (χ1v) is 6.82. The van der Waals surface area contributed by atoms with E-state index in [1.54, 1.807) is 7.05 Å². The number of nitrogens with one attached hydrogen (secondary N) is 1. The van der Waals surface area contributed by atoms with Crippen LogP contribution in [0.15, 0.2) is 0 Å². The number of likely N-dealkylation sites (N-methyl/N-ethyl adjacent to an activating group) is 1. The number of carbonyl (C=O) groups excluding carboxylic acids is 1. The molecule has 0 aliphatic heterocycles. The number of ether oxygens (including phenoxy) is 1. The van der Waals surface area contributed by atoms with Gasteiger partial charge >= 0.3 is 12.0 Å². The van der Waals surface area contributed by atoms with Crippen molar-refractivity contribution in [1.82, 2.24) is 10.2 Å². The minimum absolute atomic E-state index is 0.00194. The van der Waals surface area contributed by atoms with Crippen LogP contribution in [0.2, 0.25) is 0 Å². The summed E-state index contributed by atoms with van der Waals surface area (Å²) in [5.41, 5.74) is -0.567. The molecule has 0 aromatic carbocycles. The van der Waals surface area contributed by atoms with Gasteiger partial charge in [0.2, 0.25) is 0 Å². The highest BCUT2D eigenvalue weighted by Crippen LogP contribution is 2.32. The second kappa shape index (κ2) is 7.33. The quantitative estimate of drug-likeness (QED) is 0.688. The topological polar surface area (TPSA) is 78.9 Å². The lowest BCUT2D eigenvalue weighted by Crippen LogP contribution is -2.52. The summed E-state index contributed by atoms with van der Waals surface area (Å²) in [7, 11) is 1.69. The molecule has 1 aliphatic carbocycles. The first-order valence-electron chi connectivity index (χ1n) is 6.82. The molecule has 1 fully saturated rings. The zero-order chi connectivity index (χ0) is 14.3. The minimum atomic E-state index is -0.862. The molecule has 110 valence electrons. The Balaban J connectivity index is 2.49. The summed E-state index contributed by atoms with van der Waals surface area (Å²) in [5, 5.41) is 11.9. The summed E-state index contributed by atoms with van der Waals surface area (Å²) in [4.78, 5) is 24.5. The van der Waals surface area contributed by atoms with Gasteiger partial charge in [0.25, 0.3) is 0 Å². The molecule has 1 saturated carbocycles. The number of urea groups is 1. The predicted molar refractivity (Wildman–Crippen MR) is 71.1 cm³/mol. The molecule has 19 heavy (non-hydrogen) atoms. The average molecular weight is 272 g/mol. The summed E-state index contributed by atoms with van der Waals surface area (Å²) < 4.78 is 5.20. The lowest BCUT2D eigenvalue weighted by Gasteiger charge is -2.31. The lowest BCUT2D eigenvalue weighted by atomic mass is 9.93. The normalized spacial score (nSPS) is 17.2. The van der Waals surface area contributed by atoms with E-state index in [0.29, 0.717) is 19.8 Å². The number of hydrogen-bond donors (Lipinski definition) is 2. The van der Waals surface area contributed by atoms with Gasteiger partial charge in [-0.05, 0) is 19.8 Å². The maximum atomic E-state index is 12.0. The van der Waals surface area contributed by atoms with Gasteiger partial charge in [0, 0.05) is 20.2 Å². The fourth-order valence-corrected chi connectivity index (χ4v) is 2.46. The van der Waals surface area contributed by atoms with Crippen molar-refractivity contribution in [3.8, 4) is 0 Å². The number of nitrogens with zero attached hydrogens (tertiary/aromatic N) is 1. The molecule has 0 aromatic heterocycles. The highest BCUT2D eigenvalue weighted by molar-refractivity contribution is 5.76. The molecule has 0 bridgehead atoms. The van der Waals surface area contributed by atoms with Crippen LogP contribution in [-0.4, -0.2) is 54.4 Å². The van der Waals surface area contributed by atoms with Crippen LogP contribution in [0.5, 0.6) is 0 Å². The van der Waals surface area contributed by atoms with Crippen LogP contribution in [-0.2, 0) is 9.53 Å². The molecule has 0 radical (unpaired) electrons. The van der Waals surface area contributed by atoms with E-state index in [1.807, 2.05) is 6.92 Å². The SMILES string of the molecule is CCOCCN(C)C(=O)NC1(CC(=O)O)CCCC1. The van der Waals surface area contributed by atoms with Crippen LogP contribution in [0.1, 0.15) is 39.0 Å². The molecule has 2 amide bonds. The minimum Gasteiger partial charge on any atom is -0.481 e. The van der Waals surface area contributed by atoms with Crippen molar-refractivity contribution in [3.63, 3.8) is 0 Å². The molecule has 6 heteroatoms. The largest absolute Gasteiger partial charge is 0.481 e. The summed E-state index contributed by atoms with van der Waals surface area (Å²) in [5.74, 6) is -0.862. The van der Waals surface area contributed by atoms with Gasteiger partial charge in [0.1, 0.15) is 0 Å². The van der Waals surface area contributed by atoms with E-state index in [9.17, 15) is 9.59 Å². The summed E-state index contributed by atoms with van der Waals surface area (Å²) >= 11 is 0. The molecule has 0 spiro atoms. The second-order valence-electron chi connectivity index (χ2n) is 5.11. The number of carbonyl (C=O) groups is 2. The van der Waals surface area contributed by atoms with Crippen molar-refractivity contribution in [2.45, 2.75) is 44.6 Å². The number of rotatable bonds is 7. The second-order valence-corrected chi connectivity index (χ2v) is 5.11. The molecule has 6 nitrogen and oxygen atoms in total. The third kappa shape index (κ3) is 5.06. The van der Waals surface area contributed by atoms with Gasteiger partial charge in [-0.3, -0.25) is 4.79 Å². The van der Waals surface area contributed by atoms with Gasteiger partial charge in [-0.25, -0.2) is 4.79 Å². The van der Waals surface area contributed by atoms with E-state index in [1.165, 1.54) is 4.90 Å². The Morgan fingerprint density at radius 1 is 1.37 bits per heavy atom. The standard InChI is InChI=1S/C13H24N2O4/c1-3-19-9-8-15(2)12(18)14-13(10-11(16)17)6-4-5-7-13/h3-10H2,1-2H3,(H,14,18)(H,16,17). The Morgan fingerprint density at radius 3 is 2.53 bits per heavy atom. The molecule has 2 N–H and O–H groups in total. The average Bonchev–Trinajstić information content (AvgIpc) is 2.76. The van der Waals surface area contributed by atoms with E-state index < -0.39 is 11.5 Å². The first kappa shape index (κ1) is 15.8. The van der Waals surface area contributed by atoms with E-state index in [0.717, 1.165) is 25.7 Å². The smallest absolute Gasteiger partial charge is 0.317 e. The third-order valence-corrected chi connectivity index (χ3v) is 3.54. The summed E-state index contributed by atoms with van der Waals surface area (Å²) in [6.07, 6.45) is 3.42. The lowest BCUT2D eigenvalue weighted by molar-refractivity contribution is -0.138. The maximum absolute atomic E-state index is 12.0. The zero-order valence-corrected chi connectivity index (χ0v) is 11.8. The van der Waals surface area contributed by atoms with Crippen LogP contribution >= 0.6 is 0 Å². The fourth-order valence-electron chi connectivity index (χ4n) is 2.46. The molecule has 0 aromatic rings. The number of hydrogen-bond acceptors (Lipinski definition) is 3. The van der Waals surface area contributed by atoms with Crippen molar-refractivity contribution in [2.75, 3.05) is 26.8 Å². The van der Waals surface area contributed by atoms with E-state index in [-0.39, 0.29) is 12.5 Å². The zero-order valence-electron chi connectivity index (χ0n) is 11.8. The van der Waals surface area contributed by atoms with E-state index in [2.05, 4.69) is 5.32 Å². The van der Waals surface area contributed by atoms with Gasteiger partial charge in [0.05, 0.1) is 18.6 Å². The molecular formula is C13H24N2O4. The Bertz CT molecular complexity index is 314. The number of carboxylic acids is 1. The van der Waals surface area contributed by atoms with Crippen molar-refractivity contribution in [2.24, 2.45) is 0 Å². The Morgan fingerprint density at radius 2 is 2.00 bits per heavy atom. The van der Waals surface area contributed by atoms with Gasteiger partial charge in [0.15, 0.2) is 0 Å². The van der Waals surface area contributed by atoms with Crippen molar-refractivity contribution in [1.29, 1.82) is 0 Å². The first-order chi connectivity index (χ1) is 8.99. The van der Waals surface area contributed by atoms with Crippen molar-refractivity contribution in [3.05, 3.63) is 0 Å². The van der Waals surface area contributed by atoms with Crippen LogP contribution in [0, 0.1) is 0 Å². The predicted octanol–water partition coefficient (Wildman–Crippen LogP) is 1.45. The maximum Gasteiger partial charge on any atom is 0.317 e. The van der Waals surface area contributed by atoms with E-state index in [4.69, 9.17) is 9.84 Å². The van der Waals surface area contributed by atoms with Crippen LogP contribution < -0.4 is 5.32 Å². The summed E-state index contributed by atoms with van der Waals surface area (Å²) in [6, 6.07) is -0.220. The Kier molecular flexibility index (Phi) is 6.08. The number of aliphatic carboxylic acids is 1. The molecular weight excluding hydrogens is 248 g/mol.